The fourth-order valence-electron chi connectivity index (χ4n) is 2.56. The standard InChI is InChI=1S/C22H23NO4S2/c1-4-28-22(29-5-2)21(17-10-12-19(27-3)13-11-17)20(24)14-9-16-7-6-8-18(15-16)23(25)26/h6-15H,4-5H2,1-3H3/b14-9+. The first kappa shape index (κ1) is 22.8. The van der Waals surface area contributed by atoms with Gasteiger partial charge in [0.05, 0.1) is 16.3 Å². The maximum atomic E-state index is 13.1. The molecule has 0 saturated carbocycles. The van der Waals surface area contributed by atoms with Gasteiger partial charge in [-0.15, -0.1) is 23.5 Å². The molecule has 0 aliphatic rings. The van der Waals surface area contributed by atoms with E-state index in [9.17, 15) is 14.9 Å². The fraction of sp³-hybridized carbons (Fsp3) is 0.227. The number of nitro benzene ring substituents is 1. The maximum absolute atomic E-state index is 13.1. The highest BCUT2D eigenvalue weighted by Gasteiger charge is 2.17. The molecule has 29 heavy (non-hydrogen) atoms. The molecule has 0 atom stereocenters. The molecule has 0 heterocycles. The molecule has 5 nitrogen and oxygen atoms in total. The summed E-state index contributed by atoms with van der Waals surface area (Å²) >= 11 is 3.28. The highest BCUT2D eigenvalue weighted by atomic mass is 32.2. The lowest BCUT2D eigenvalue weighted by Gasteiger charge is -2.12. The third kappa shape index (κ3) is 6.51. The van der Waals surface area contributed by atoms with Crippen LogP contribution in [-0.4, -0.2) is 29.3 Å². The Bertz CT molecular complexity index is 913. The summed E-state index contributed by atoms with van der Waals surface area (Å²) in [4.78, 5) is 23.7. The molecule has 2 aromatic carbocycles. The molecule has 0 bridgehead atoms. The van der Waals surface area contributed by atoms with Gasteiger partial charge >= 0.3 is 0 Å². The molecule has 0 radical (unpaired) electrons. The lowest BCUT2D eigenvalue weighted by Crippen LogP contribution is -2.01. The van der Waals surface area contributed by atoms with Crippen LogP contribution in [0.3, 0.4) is 0 Å². The number of non-ortho nitro benzene ring substituents is 1. The summed E-state index contributed by atoms with van der Waals surface area (Å²) in [6, 6.07) is 13.6. The summed E-state index contributed by atoms with van der Waals surface area (Å²) in [5.41, 5.74) is 2.05. The van der Waals surface area contributed by atoms with E-state index in [1.54, 1.807) is 48.8 Å². The van der Waals surface area contributed by atoms with E-state index in [0.29, 0.717) is 11.1 Å². The Morgan fingerprint density at radius 1 is 1.10 bits per heavy atom. The van der Waals surface area contributed by atoms with Gasteiger partial charge < -0.3 is 4.74 Å². The topological polar surface area (TPSA) is 69.4 Å². The SMILES string of the molecule is CCSC(SCC)=C(C(=O)/C=C/c1cccc([N+](=O)[O-])c1)c1ccc(OC)cc1. The zero-order valence-electron chi connectivity index (χ0n) is 16.6. The number of carbonyl (C=O) groups is 1. The smallest absolute Gasteiger partial charge is 0.270 e. The summed E-state index contributed by atoms with van der Waals surface area (Å²) in [5, 5.41) is 11.0. The Hall–Kier alpha value is -2.51. The molecule has 2 aromatic rings. The summed E-state index contributed by atoms with van der Waals surface area (Å²) in [6.45, 7) is 4.10. The van der Waals surface area contributed by atoms with Crippen molar-refractivity contribution < 1.29 is 14.5 Å². The molecule has 7 heteroatoms. The van der Waals surface area contributed by atoms with Crippen molar-refractivity contribution in [2.75, 3.05) is 18.6 Å². The van der Waals surface area contributed by atoms with Gasteiger partial charge in [-0.05, 0) is 40.8 Å². The van der Waals surface area contributed by atoms with Crippen LogP contribution >= 0.6 is 23.5 Å². The van der Waals surface area contributed by atoms with Crippen LogP contribution in [0, 0.1) is 10.1 Å². The minimum absolute atomic E-state index is 0.00529. The van der Waals surface area contributed by atoms with Gasteiger partial charge in [0, 0.05) is 17.7 Å². The third-order valence-electron chi connectivity index (χ3n) is 3.89. The average molecular weight is 430 g/mol. The number of thioether (sulfide) groups is 2. The fourth-order valence-corrected chi connectivity index (χ4v) is 4.85. The van der Waals surface area contributed by atoms with Crippen molar-refractivity contribution in [3.05, 3.63) is 80.1 Å². The number of benzene rings is 2. The highest BCUT2D eigenvalue weighted by molar-refractivity contribution is 8.22. The molecule has 152 valence electrons. The Morgan fingerprint density at radius 2 is 1.76 bits per heavy atom. The van der Waals surface area contributed by atoms with Crippen LogP contribution < -0.4 is 4.74 Å². The summed E-state index contributed by atoms with van der Waals surface area (Å²) < 4.78 is 6.19. The number of rotatable bonds is 10. The second-order valence-corrected chi connectivity index (χ2v) is 8.61. The normalized spacial score (nSPS) is 10.7. The predicted molar refractivity (Wildman–Crippen MR) is 123 cm³/mol. The van der Waals surface area contributed by atoms with Crippen LogP contribution in [0.15, 0.2) is 58.8 Å². The second kappa shape index (κ2) is 11.5. The Balaban J connectivity index is 2.44. The van der Waals surface area contributed by atoms with E-state index < -0.39 is 4.92 Å². The van der Waals surface area contributed by atoms with Crippen molar-refractivity contribution in [1.29, 1.82) is 0 Å². The van der Waals surface area contributed by atoms with Crippen molar-refractivity contribution >= 4 is 46.6 Å². The van der Waals surface area contributed by atoms with Gasteiger partial charge in [0.15, 0.2) is 5.78 Å². The lowest BCUT2D eigenvalue weighted by atomic mass is 10.0. The van der Waals surface area contributed by atoms with Crippen LogP contribution in [-0.2, 0) is 4.79 Å². The molecule has 0 amide bonds. The molecular formula is C22H23NO4S2. The third-order valence-corrected chi connectivity index (χ3v) is 6.11. The van der Waals surface area contributed by atoms with Crippen molar-refractivity contribution in [3.63, 3.8) is 0 Å². The largest absolute Gasteiger partial charge is 0.497 e. The van der Waals surface area contributed by atoms with Gasteiger partial charge in [-0.2, -0.15) is 0 Å². The molecule has 0 aliphatic carbocycles. The van der Waals surface area contributed by atoms with Crippen molar-refractivity contribution in [2.24, 2.45) is 0 Å². The van der Waals surface area contributed by atoms with Gasteiger partial charge in [-0.1, -0.05) is 44.2 Å². The molecule has 0 aromatic heterocycles. The predicted octanol–water partition coefficient (Wildman–Crippen LogP) is 6.06. The van der Waals surface area contributed by atoms with Crippen LogP contribution in [0.1, 0.15) is 25.0 Å². The zero-order chi connectivity index (χ0) is 21.2. The van der Waals surface area contributed by atoms with E-state index in [1.807, 2.05) is 24.3 Å². The molecular weight excluding hydrogens is 406 g/mol. The first-order valence-corrected chi connectivity index (χ1v) is 11.1. The van der Waals surface area contributed by atoms with Gasteiger partial charge in [-0.3, -0.25) is 14.9 Å². The molecule has 0 N–H and O–H groups in total. The summed E-state index contributed by atoms with van der Waals surface area (Å²) in [5.74, 6) is 2.28. The van der Waals surface area contributed by atoms with Crippen LogP contribution in [0.25, 0.3) is 11.6 Å². The Morgan fingerprint density at radius 3 is 2.31 bits per heavy atom. The van der Waals surface area contributed by atoms with Gasteiger partial charge in [0.25, 0.3) is 5.69 Å². The number of hydrogen-bond acceptors (Lipinski definition) is 6. The van der Waals surface area contributed by atoms with E-state index in [2.05, 4.69) is 13.8 Å². The molecule has 0 saturated heterocycles. The van der Waals surface area contributed by atoms with Crippen molar-refractivity contribution in [3.8, 4) is 5.75 Å². The number of allylic oxidation sites excluding steroid dienone is 2. The summed E-state index contributed by atoms with van der Waals surface area (Å²) in [7, 11) is 1.60. The molecule has 0 aliphatic heterocycles. The second-order valence-electron chi connectivity index (χ2n) is 5.81. The van der Waals surface area contributed by atoms with E-state index in [-0.39, 0.29) is 11.5 Å². The number of methoxy groups -OCH3 is 1. The minimum Gasteiger partial charge on any atom is -0.497 e. The van der Waals surface area contributed by atoms with E-state index >= 15 is 0 Å². The van der Waals surface area contributed by atoms with E-state index in [4.69, 9.17) is 4.74 Å². The van der Waals surface area contributed by atoms with E-state index in [1.165, 1.54) is 18.2 Å². The quantitative estimate of drug-likeness (QED) is 0.260. The van der Waals surface area contributed by atoms with Gasteiger partial charge in [0.1, 0.15) is 5.75 Å². The number of ketones is 1. The lowest BCUT2D eigenvalue weighted by molar-refractivity contribution is -0.384. The minimum atomic E-state index is -0.449. The number of nitrogens with zero attached hydrogens (tertiary/aromatic N) is 1. The molecule has 0 fully saturated rings. The Labute approximate surface area is 179 Å². The number of nitro groups is 1. The molecule has 0 spiro atoms. The first-order valence-electron chi connectivity index (χ1n) is 9.11. The first-order chi connectivity index (χ1) is 14.0. The van der Waals surface area contributed by atoms with Gasteiger partial charge in [-0.25, -0.2) is 0 Å². The number of carbonyl (C=O) groups excluding carboxylic acids is 1. The van der Waals surface area contributed by atoms with E-state index in [0.717, 1.165) is 27.1 Å². The van der Waals surface area contributed by atoms with Crippen LogP contribution in [0.2, 0.25) is 0 Å². The van der Waals surface area contributed by atoms with Crippen LogP contribution in [0.5, 0.6) is 5.75 Å². The monoisotopic (exact) mass is 429 g/mol. The maximum Gasteiger partial charge on any atom is 0.270 e. The molecule has 0 unspecified atom stereocenters. The van der Waals surface area contributed by atoms with Crippen molar-refractivity contribution in [2.45, 2.75) is 13.8 Å². The highest BCUT2D eigenvalue weighted by Crippen LogP contribution is 2.37. The molecule has 2 rings (SSSR count). The number of hydrogen-bond donors (Lipinski definition) is 0. The van der Waals surface area contributed by atoms with Crippen molar-refractivity contribution in [1.82, 2.24) is 0 Å². The Kier molecular flexibility index (Phi) is 9.02. The average Bonchev–Trinajstić information content (AvgIpc) is 2.73. The van der Waals surface area contributed by atoms with Crippen LogP contribution in [0.4, 0.5) is 5.69 Å². The summed E-state index contributed by atoms with van der Waals surface area (Å²) in [6.07, 6.45) is 3.09. The number of ether oxygens (including phenoxy) is 1. The zero-order valence-corrected chi connectivity index (χ0v) is 18.2. The van der Waals surface area contributed by atoms with Gasteiger partial charge in [0.2, 0.25) is 0 Å².